The predicted molar refractivity (Wildman–Crippen MR) is 155 cm³/mol. The SMILES string of the molecule is CC(C)N1C(=O)OC2(CCCN(C3CCN(C(=O)c4c(NC(=O)OC(C)(C)C)sc5nc(C(F)(F)F)ccc45)CC3)C2)C1=O. The number of thiophene rings is 1. The Bertz CT molecular complexity index is 1480. The van der Waals surface area contributed by atoms with Crippen LogP contribution < -0.4 is 5.32 Å². The Morgan fingerprint density at radius 2 is 1.82 bits per heavy atom. The van der Waals surface area contributed by atoms with Crippen molar-refractivity contribution in [2.45, 2.75) is 89.8 Å². The van der Waals surface area contributed by atoms with Crippen LogP contribution in [0.4, 0.5) is 27.8 Å². The van der Waals surface area contributed by atoms with E-state index in [4.69, 9.17) is 9.47 Å². The Balaban J connectivity index is 1.33. The van der Waals surface area contributed by atoms with E-state index in [9.17, 15) is 32.3 Å². The zero-order valence-electron chi connectivity index (χ0n) is 25.2. The van der Waals surface area contributed by atoms with Gasteiger partial charge in [0.25, 0.3) is 11.8 Å². The van der Waals surface area contributed by atoms with Crippen LogP contribution >= 0.6 is 11.3 Å². The van der Waals surface area contributed by atoms with Gasteiger partial charge in [-0.15, -0.1) is 0 Å². The molecule has 44 heavy (non-hydrogen) atoms. The van der Waals surface area contributed by atoms with E-state index >= 15 is 0 Å². The lowest BCUT2D eigenvalue weighted by atomic mass is 9.89. The molecular formula is C29H36F3N5O6S. The molecule has 11 nitrogen and oxygen atoms in total. The van der Waals surface area contributed by atoms with E-state index in [1.165, 1.54) is 11.0 Å². The van der Waals surface area contributed by atoms with Crippen molar-refractivity contribution in [3.8, 4) is 0 Å². The maximum atomic E-state index is 13.9. The van der Waals surface area contributed by atoms with E-state index in [1.807, 2.05) is 0 Å². The summed E-state index contributed by atoms with van der Waals surface area (Å²) >= 11 is 0.781. The van der Waals surface area contributed by atoms with Crippen molar-refractivity contribution >= 4 is 50.6 Å². The number of carbonyl (C=O) groups excluding carboxylic acids is 4. The van der Waals surface area contributed by atoms with Crippen molar-refractivity contribution in [1.29, 1.82) is 0 Å². The molecule has 0 saturated carbocycles. The zero-order chi connectivity index (χ0) is 32.2. The molecule has 1 unspecified atom stereocenters. The number of hydrogen-bond donors (Lipinski definition) is 1. The summed E-state index contributed by atoms with van der Waals surface area (Å²) in [6, 6.07) is 1.75. The molecule has 4 amide bonds. The number of aromatic nitrogens is 1. The lowest BCUT2D eigenvalue weighted by Crippen LogP contribution is -2.58. The molecule has 1 atom stereocenters. The van der Waals surface area contributed by atoms with Gasteiger partial charge in [0.05, 0.1) is 5.56 Å². The van der Waals surface area contributed by atoms with Crippen molar-refractivity contribution in [3.05, 3.63) is 23.4 Å². The van der Waals surface area contributed by atoms with Gasteiger partial charge in [-0.25, -0.2) is 19.5 Å². The van der Waals surface area contributed by atoms with Gasteiger partial charge in [0.15, 0.2) is 0 Å². The van der Waals surface area contributed by atoms with Gasteiger partial charge in [-0.3, -0.25) is 19.8 Å². The average molecular weight is 640 g/mol. The lowest BCUT2D eigenvalue weighted by molar-refractivity contribution is -0.143. The Kier molecular flexibility index (Phi) is 8.33. The fraction of sp³-hybridized carbons (Fsp3) is 0.621. The molecule has 0 aromatic carbocycles. The van der Waals surface area contributed by atoms with Gasteiger partial charge >= 0.3 is 18.4 Å². The van der Waals surface area contributed by atoms with Gasteiger partial charge < -0.3 is 14.4 Å². The number of piperidine rings is 2. The molecule has 2 aromatic rings. The van der Waals surface area contributed by atoms with Crippen LogP contribution in [0.5, 0.6) is 0 Å². The van der Waals surface area contributed by atoms with E-state index < -0.39 is 41.2 Å². The van der Waals surface area contributed by atoms with Crippen molar-refractivity contribution in [3.63, 3.8) is 0 Å². The van der Waals surface area contributed by atoms with Crippen molar-refractivity contribution < 1.29 is 41.8 Å². The molecule has 1 spiro atoms. The Labute approximate surface area is 256 Å². The number of pyridine rings is 1. The van der Waals surface area contributed by atoms with Crippen LogP contribution in [0, 0.1) is 0 Å². The highest BCUT2D eigenvalue weighted by molar-refractivity contribution is 7.23. The molecule has 3 aliphatic heterocycles. The third-order valence-corrected chi connectivity index (χ3v) is 9.05. The number of hydrogen-bond acceptors (Lipinski definition) is 9. The number of imide groups is 1. The molecule has 0 bridgehead atoms. The first-order chi connectivity index (χ1) is 20.5. The third-order valence-electron chi connectivity index (χ3n) is 8.03. The van der Waals surface area contributed by atoms with Gasteiger partial charge in [-0.05, 0) is 79.0 Å². The molecular weight excluding hydrogens is 603 g/mol. The number of nitrogens with zero attached hydrogens (tertiary/aromatic N) is 4. The van der Waals surface area contributed by atoms with Gasteiger partial charge in [0, 0.05) is 37.1 Å². The Morgan fingerprint density at radius 3 is 2.41 bits per heavy atom. The molecule has 240 valence electrons. The molecule has 1 N–H and O–H groups in total. The Hall–Kier alpha value is -3.46. The van der Waals surface area contributed by atoms with Crippen LogP contribution in [0.15, 0.2) is 12.1 Å². The monoisotopic (exact) mass is 639 g/mol. The third kappa shape index (κ3) is 6.21. The summed E-state index contributed by atoms with van der Waals surface area (Å²) in [7, 11) is 0. The smallest absolute Gasteiger partial charge is 0.433 e. The number of carbonyl (C=O) groups is 4. The number of ether oxygens (including phenoxy) is 2. The first-order valence-electron chi connectivity index (χ1n) is 14.6. The summed E-state index contributed by atoms with van der Waals surface area (Å²) in [5, 5.41) is 2.81. The maximum Gasteiger partial charge on any atom is 0.433 e. The minimum absolute atomic E-state index is 0.0328. The standard InChI is InChI=1S/C29H36F3N5O6S/c1-16(2)37-24(39)28(43-26(37)41)11-6-12-36(15-28)17-9-13-35(14-10-17)23(38)20-18-7-8-19(29(30,31)32)33-21(18)44-22(20)34-25(40)42-27(3,4)5/h7-8,16-17H,6,9-15H2,1-5H3,(H,34,40). The zero-order valence-corrected chi connectivity index (χ0v) is 26.1. The maximum absolute atomic E-state index is 13.9. The highest BCUT2D eigenvalue weighted by Crippen LogP contribution is 2.40. The topological polar surface area (TPSA) is 121 Å². The van der Waals surface area contributed by atoms with Crippen LogP contribution in [0.3, 0.4) is 0 Å². The van der Waals surface area contributed by atoms with Crippen molar-refractivity contribution in [2.75, 3.05) is 31.5 Å². The van der Waals surface area contributed by atoms with E-state index in [2.05, 4.69) is 15.2 Å². The second-order valence-electron chi connectivity index (χ2n) is 12.7. The first-order valence-corrected chi connectivity index (χ1v) is 15.4. The lowest BCUT2D eigenvalue weighted by Gasteiger charge is -2.44. The van der Waals surface area contributed by atoms with Crippen LogP contribution in [-0.2, 0) is 20.4 Å². The van der Waals surface area contributed by atoms with E-state index in [1.54, 1.807) is 39.5 Å². The molecule has 15 heteroatoms. The molecule has 3 aliphatic rings. The fourth-order valence-electron chi connectivity index (χ4n) is 6.06. The van der Waals surface area contributed by atoms with Crippen LogP contribution in [0.1, 0.15) is 76.4 Å². The second-order valence-corrected chi connectivity index (χ2v) is 13.7. The summed E-state index contributed by atoms with van der Waals surface area (Å²) in [5.74, 6) is -0.753. The summed E-state index contributed by atoms with van der Waals surface area (Å²) in [5.41, 5.74) is -3.08. The number of rotatable bonds is 4. The molecule has 0 aliphatic carbocycles. The Morgan fingerprint density at radius 1 is 1.14 bits per heavy atom. The van der Waals surface area contributed by atoms with Crippen LogP contribution in [0.25, 0.3) is 10.2 Å². The highest BCUT2D eigenvalue weighted by atomic mass is 32.1. The largest absolute Gasteiger partial charge is 0.444 e. The normalized spacial score (nSPS) is 22.3. The van der Waals surface area contributed by atoms with Crippen LogP contribution in [-0.4, -0.2) is 93.1 Å². The van der Waals surface area contributed by atoms with Crippen molar-refractivity contribution in [1.82, 2.24) is 19.7 Å². The quantitative estimate of drug-likeness (QED) is 0.467. The number of amides is 4. The number of likely N-dealkylation sites (tertiary alicyclic amines) is 2. The van der Waals surface area contributed by atoms with Crippen LogP contribution in [0.2, 0.25) is 0 Å². The summed E-state index contributed by atoms with van der Waals surface area (Å²) in [6.07, 6.45) is -3.86. The average Bonchev–Trinajstić information content (AvgIpc) is 3.39. The number of fused-ring (bicyclic) bond motifs is 1. The minimum atomic E-state index is -4.68. The minimum Gasteiger partial charge on any atom is -0.444 e. The highest BCUT2D eigenvalue weighted by Gasteiger charge is 2.57. The number of nitrogens with one attached hydrogen (secondary N) is 1. The molecule has 5 rings (SSSR count). The summed E-state index contributed by atoms with van der Waals surface area (Å²) in [4.78, 5) is 60.8. The fourth-order valence-corrected chi connectivity index (χ4v) is 7.11. The molecule has 2 aromatic heterocycles. The van der Waals surface area contributed by atoms with E-state index in [-0.39, 0.29) is 45.3 Å². The van der Waals surface area contributed by atoms with E-state index in [0.29, 0.717) is 38.8 Å². The number of alkyl halides is 3. The van der Waals surface area contributed by atoms with E-state index in [0.717, 1.165) is 23.9 Å². The second kappa shape index (κ2) is 11.5. The van der Waals surface area contributed by atoms with Crippen molar-refractivity contribution in [2.24, 2.45) is 0 Å². The van der Waals surface area contributed by atoms with Gasteiger partial charge in [-0.2, -0.15) is 13.2 Å². The number of anilines is 1. The van der Waals surface area contributed by atoms with Gasteiger partial charge in [0.1, 0.15) is 21.1 Å². The molecule has 3 saturated heterocycles. The first kappa shape index (κ1) is 31.9. The number of halogens is 3. The summed E-state index contributed by atoms with van der Waals surface area (Å²) < 4.78 is 51.1. The van der Waals surface area contributed by atoms with Gasteiger partial charge in [-0.1, -0.05) is 11.3 Å². The van der Waals surface area contributed by atoms with Gasteiger partial charge in [0.2, 0.25) is 5.60 Å². The molecule has 0 radical (unpaired) electrons. The molecule has 5 heterocycles. The summed E-state index contributed by atoms with van der Waals surface area (Å²) in [6.45, 7) is 10.2. The predicted octanol–water partition coefficient (Wildman–Crippen LogP) is 5.49. The molecule has 3 fully saturated rings.